The summed E-state index contributed by atoms with van der Waals surface area (Å²) < 4.78 is 0. The number of nitrogens with one attached hydrogen (secondary N) is 1. The SMILES string of the molecule is CCCNC(C(C)c1ccncc1)C(C)(C)C. The summed E-state index contributed by atoms with van der Waals surface area (Å²) in [5.41, 5.74) is 1.63. The summed E-state index contributed by atoms with van der Waals surface area (Å²) in [4.78, 5) is 4.09. The summed E-state index contributed by atoms with van der Waals surface area (Å²) in [6, 6.07) is 4.73. The predicted molar refractivity (Wildman–Crippen MR) is 74.2 cm³/mol. The third-order valence-corrected chi connectivity index (χ3v) is 3.28. The van der Waals surface area contributed by atoms with Crippen LogP contribution in [-0.4, -0.2) is 17.6 Å². The maximum atomic E-state index is 4.09. The Hall–Kier alpha value is -0.890. The number of rotatable bonds is 5. The van der Waals surface area contributed by atoms with Crippen LogP contribution < -0.4 is 5.32 Å². The smallest absolute Gasteiger partial charge is 0.0270 e. The van der Waals surface area contributed by atoms with Gasteiger partial charge in [-0.25, -0.2) is 0 Å². The maximum Gasteiger partial charge on any atom is 0.0270 e. The van der Waals surface area contributed by atoms with Crippen molar-refractivity contribution in [3.8, 4) is 0 Å². The van der Waals surface area contributed by atoms with Crippen molar-refractivity contribution >= 4 is 0 Å². The first-order valence-electron chi connectivity index (χ1n) is 6.60. The van der Waals surface area contributed by atoms with Crippen molar-refractivity contribution in [2.75, 3.05) is 6.54 Å². The number of pyridine rings is 1. The second-order valence-electron chi connectivity index (χ2n) is 5.87. The van der Waals surface area contributed by atoms with Gasteiger partial charge in [0.15, 0.2) is 0 Å². The summed E-state index contributed by atoms with van der Waals surface area (Å²) in [5.74, 6) is 0.504. The lowest BCUT2D eigenvalue weighted by Crippen LogP contribution is -2.44. The molecule has 0 aromatic carbocycles. The van der Waals surface area contributed by atoms with Gasteiger partial charge in [0.2, 0.25) is 0 Å². The molecule has 0 saturated heterocycles. The monoisotopic (exact) mass is 234 g/mol. The molecule has 2 unspecified atom stereocenters. The Balaban J connectivity index is 2.83. The van der Waals surface area contributed by atoms with Crippen molar-refractivity contribution in [1.29, 1.82) is 0 Å². The Morgan fingerprint density at radius 1 is 1.24 bits per heavy atom. The van der Waals surface area contributed by atoms with Crippen molar-refractivity contribution < 1.29 is 0 Å². The molecule has 1 aromatic heterocycles. The van der Waals surface area contributed by atoms with Crippen molar-refractivity contribution in [3.63, 3.8) is 0 Å². The standard InChI is InChI=1S/C15H26N2/c1-6-9-17-14(15(3,4)5)12(2)13-7-10-16-11-8-13/h7-8,10-12,14,17H,6,9H2,1-5H3. The van der Waals surface area contributed by atoms with Gasteiger partial charge in [0.25, 0.3) is 0 Å². The number of aromatic nitrogens is 1. The van der Waals surface area contributed by atoms with Gasteiger partial charge in [0, 0.05) is 18.4 Å². The fraction of sp³-hybridized carbons (Fsp3) is 0.667. The van der Waals surface area contributed by atoms with Crippen LogP contribution in [0.3, 0.4) is 0 Å². The minimum atomic E-state index is 0.262. The number of hydrogen-bond acceptors (Lipinski definition) is 2. The minimum absolute atomic E-state index is 0.262. The van der Waals surface area contributed by atoms with Gasteiger partial charge >= 0.3 is 0 Å². The predicted octanol–water partition coefficient (Wildman–Crippen LogP) is 3.60. The quantitative estimate of drug-likeness (QED) is 0.842. The molecule has 2 nitrogen and oxygen atoms in total. The first kappa shape index (κ1) is 14.2. The van der Waals surface area contributed by atoms with E-state index in [-0.39, 0.29) is 5.41 Å². The first-order chi connectivity index (χ1) is 7.96. The molecular weight excluding hydrogens is 208 g/mol. The Kier molecular flexibility index (Phi) is 5.13. The molecule has 2 heteroatoms. The Labute approximate surface area is 106 Å². The Morgan fingerprint density at radius 3 is 2.29 bits per heavy atom. The van der Waals surface area contributed by atoms with Gasteiger partial charge in [0.1, 0.15) is 0 Å². The van der Waals surface area contributed by atoms with Crippen LogP contribution in [0.15, 0.2) is 24.5 Å². The molecule has 0 fully saturated rings. The molecule has 0 bridgehead atoms. The molecule has 0 aliphatic heterocycles. The Morgan fingerprint density at radius 2 is 1.82 bits per heavy atom. The van der Waals surface area contributed by atoms with Gasteiger partial charge < -0.3 is 5.32 Å². The lowest BCUT2D eigenvalue weighted by Gasteiger charge is -2.36. The third kappa shape index (κ3) is 4.12. The van der Waals surface area contributed by atoms with Crippen molar-refractivity contribution in [3.05, 3.63) is 30.1 Å². The van der Waals surface area contributed by atoms with Gasteiger partial charge in [-0.3, -0.25) is 4.98 Å². The summed E-state index contributed by atoms with van der Waals surface area (Å²) in [5, 5.41) is 3.69. The molecule has 0 spiro atoms. The summed E-state index contributed by atoms with van der Waals surface area (Å²) in [6.45, 7) is 12.5. The molecule has 1 heterocycles. The first-order valence-corrected chi connectivity index (χ1v) is 6.60. The van der Waals surface area contributed by atoms with E-state index in [0.29, 0.717) is 12.0 Å². The Bertz CT molecular complexity index is 313. The highest BCUT2D eigenvalue weighted by molar-refractivity contribution is 5.18. The molecule has 0 aliphatic rings. The molecule has 0 amide bonds. The normalized spacial score (nSPS) is 15.6. The lowest BCUT2D eigenvalue weighted by molar-refractivity contribution is 0.239. The van der Waals surface area contributed by atoms with Crippen LogP contribution in [0, 0.1) is 5.41 Å². The molecule has 17 heavy (non-hydrogen) atoms. The minimum Gasteiger partial charge on any atom is -0.313 e. The maximum absolute atomic E-state index is 4.09. The molecule has 2 atom stereocenters. The number of hydrogen-bond donors (Lipinski definition) is 1. The fourth-order valence-corrected chi connectivity index (χ4v) is 2.39. The fourth-order valence-electron chi connectivity index (χ4n) is 2.39. The van der Waals surface area contributed by atoms with E-state index in [1.165, 1.54) is 12.0 Å². The van der Waals surface area contributed by atoms with Crippen LogP contribution in [0.2, 0.25) is 0 Å². The van der Waals surface area contributed by atoms with E-state index in [1.54, 1.807) is 0 Å². The third-order valence-electron chi connectivity index (χ3n) is 3.28. The average molecular weight is 234 g/mol. The van der Waals surface area contributed by atoms with Crippen LogP contribution in [0.1, 0.15) is 52.5 Å². The van der Waals surface area contributed by atoms with Crippen LogP contribution >= 0.6 is 0 Å². The van der Waals surface area contributed by atoms with Crippen LogP contribution in [0.5, 0.6) is 0 Å². The molecular formula is C15H26N2. The largest absolute Gasteiger partial charge is 0.313 e. The van der Waals surface area contributed by atoms with E-state index in [4.69, 9.17) is 0 Å². The second kappa shape index (κ2) is 6.15. The van der Waals surface area contributed by atoms with Gasteiger partial charge in [-0.05, 0) is 42.0 Å². The zero-order valence-corrected chi connectivity index (χ0v) is 11.8. The zero-order chi connectivity index (χ0) is 12.9. The van der Waals surface area contributed by atoms with Crippen LogP contribution in [0.4, 0.5) is 0 Å². The topological polar surface area (TPSA) is 24.9 Å². The molecule has 0 saturated carbocycles. The van der Waals surface area contributed by atoms with Gasteiger partial charge in [-0.1, -0.05) is 34.6 Å². The van der Waals surface area contributed by atoms with E-state index in [9.17, 15) is 0 Å². The summed E-state index contributed by atoms with van der Waals surface area (Å²) in [7, 11) is 0. The molecule has 1 aromatic rings. The summed E-state index contributed by atoms with van der Waals surface area (Å²) in [6.07, 6.45) is 4.94. The van der Waals surface area contributed by atoms with Gasteiger partial charge in [-0.15, -0.1) is 0 Å². The van der Waals surface area contributed by atoms with Gasteiger partial charge in [-0.2, -0.15) is 0 Å². The van der Waals surface area contributed by atoms with Crippen molar-refractivity contribution in [2.24, 2.45) is 5.41 Å². The second-order valence-corrected chi connectivity index (χ2v) is 5.87. The molecule has 0 radical (unpaired) electrons. The highest BCUT2D eigenvalue weighted by Gasteiger charge is 2.29. The van der Waals surface area contributed by atoms with Crippen LogP contribution in [0.25, 0.3) is 0 Å². The van der Waals surface area contributed by atoms with E-state index in [1.807, 2.05) is 12.4 Å². The molecule has 1 rings (SSSR count). The van der Waals surface area contributed by atoms with E-state index < -0.39 is 0 Å². The molecule has 0 aliphatic carbocycles. The van der Waals surface area contributed by atoms with Crippen molar-refractivity contribution in [2.45, 2.75) is 53.0 Å². The van der Waals surface area contributed by atoms with Crippen LogP contribution in [-0.2, 0) is 0 Å². The zero-order valence-electron chi connectivity index (χ0n) is 11.8. The number of nitrogens with zero attached hydrogens (tertiary/aromatic N) is 1. The highest BCUT2D eigenvalue weighted by atomic mass is 14.9. The average Bonchev–Trinajstić information content (AvgIpc) is 2.29. The highest BCUT2D eigenvalue weighted by Crippen LogP contribution is 2.31. The van der Waals surface area contributed by atoms with E-state index in [2.05, 4.69) is 57.1 Å². The van der Waals surface area contributed by atoms with E-state index in [0.717, 1.165) is 6.54 Å². The summed E-state index contributed by atoms with van der Waals surface area (Å²) >= 11 is 0. The molecule has 96 valence electrons. The molecule has 1 N–H and O–H groups in total. The van der Waals surface area contributed by atoms with Gasteiger partial charge in [0.05, 0.1) is 0 Å². The van der Waals surface area contributed by atoms with E-state index >= 15 is 0 Å². The lowest BCUT2D eigenvalue weighted by atomic mass is 9.77. The van der Waals surface area contributed by atoms with Crippen molar-refractivity contribution in [1.82, 2.24) is 10.3 Å².